The van der Waals surface area contributed by atoms with Gasteiger partial charge in [-0.1, -0.05) is 15.9 Å². The van der Waals surface area contributed by atoms with Crippen LogP contribution in [-0.4, -0.2) is 37.4 Å². The lowest BCUT2D eigenvalue weighted by molar-refractivity contribution is -0.384. The van der Waals surface area contributed by atoms with Crippen molar-refractivity contribution in [2.24, 2.45) is 0 Å². The average molecular weight is 359 g/mol. The fraction of sp³-hybridized carbons (Fsp3) is 0.571. The fourth-order valence-electron chi connectivity index (χ4n) is 2.19. The van der Waals surface area contributed by atoms with E-state index in [4.69, 9.17) is 9.47 Å². The van der Waals surface area contributed by atoms with Crippen LogP contribution in [0, 0.1) is 10.1 Å². The monoisotopic (exact) mass is 358 g/mol. The molecule has 1 fully saturated rings. The van der Waals surface area contributed by atoms with Gasteiger partial charge in [-0.3, -0.25) is 10.1 Å². The van der Waals surface area contributed by atoms with Crippen LogP contribution in [0.25, 0.3) is 0 Å². The van der Waals surface area contributed by atoms with Crippen LogP contribution in [-0.2, 0) is 9.47 Å². The number of hydrogen-bond acceptors (Lipinski definition) is 5. The van der Waals surface area contributed by atoms with Gasteiger partial charge in [-0.15, -0.1) is 0 Å². The standard InChI is InChI=1S/C14H19BrN2O4/c15-11-4-5-13(14(9-11)17(18)19)16-6-2-7-20-10-12-3-1-8-21-12/h4-5,9,12,16H,1-3,6-8,10H2. The van der Waals surface area contributed by atoms with Crippen molar-refractivity contribution < 1.29 is 14.4 Å². The van der Waals surface area contributed by atoms with Gasteiger partial charge in [0.1, 0.15) is 5.69 Å². The number of nitrogens with zero attached hydrogens (tertiary/aromatic N) is 1. The molecule has 1 aromatic carbocycles. The molecule has 0 saturated carbocycles. The zero-order valence-corrected chi connectivity index (χ0v) is 13.3. The second-order valence-electron chi connectivity index (χ2n) is 4.91. The lowest BCUT2D eigenvalue weighted by Crippen LogP contribution is -2.15. The summed E-state index contributed by atoms with van der Waals surface area (Å²) in [5.74, 6) is 0. The van der Waals surface area contributed by atoms with Gasteiger partial charge in [-0.2, -0.15) is 0 Å². The van der Waals surface area contributed by atoms with E-state index in [9.17, 15) is 10.1 Å². The predicted molar refractivity (Wildman–Crippen MR) is 83.7 cm³/mol. The summed E-state index contributed by atoms with van der Waals surface area (Å²) in [6.07, 6.45) is 3.22. The molecule has 0 radical (unpaired) electrons. The van der Waals surface area contributed by atoms with E-state index in [1.54, 1.807) is 12.1 Å². The van der Waals surface area contributed by atoms with E-state index in [-0.39, 0.29) is 16.7 Å². The van der Waals surface area contributed by atoms with Crippen LogP contribution in [0.5, 0.6) is 0 Å². The molecule has 0 bridgehead atoms. The Kier molecular flexibility index (Phi) is 6.41. The van der Waals surface area contributed by atoms with E-state index in [1.165, 1.54) is 6.07 Å². The minimum absolute atomic E-state index is 0.0737. The molecule has 0 aliphatic carbocycles. The summed E-state index contributed by atoms with van der Waals surface area (Å²) >= 11 is 3.24. The average Bonchev–Trinajstić information content (AvgIpc) is 2.97. The molecule has 1 heterocycles. The van der Waals surface area contributed by atoms with Crippen molar-refractivity contribution in [1.82, 2.24) is 0 Å². The van der Waals surface area contributed by atoms with E-state index in [1.807, 2.05) is 0 Å². The lowest BCUT2D eigenvalue weighted by Gasteiger charge is -2.11. The summed E-state index contributed by atoms with van der Waals surface area (Å²) in [4.78, 5) is 10.6. The van der Waals surface area contributed by atoms with Gasteiger partial charge in [0.05, 0.1) is 17.6 Å². The molecule has 0 aromatic heterocycles. The Morgan fingerprint density at radius 3 is 3.10 bits per heavy atom. The first-order chi connectivity index (χ1) is 10.2. The van der Waals surface area contributed by atoms with Gasteiger partial charge >= 0.3 is 0 Å². The number of rotatable bonds is 8. The molecule has 1 atom stereocenters. The van der Waals surface area contributed by atoms with Crippen LogP contribution in [0.3, 0.4) is 0 Å². The third-order valence-corrected chi connectivity index (χ3v) is 3.76. The van der Waals surface area contributed by atoms with Gasteiger partial charge in [0, 0.05) is 30.3 Å². The molecule has 7 heteroatoms. The van der Waals surface area contributed by atoms with Gasteiger partial charge in [-0.05, 0) is 31.4 Å². The molecule has 1 aromatic rings. The Morgan fingerprint density at radius 2 is 2.38 bits per heavy atom. The number of anilines is 1. The van der Waals surface area contributed by atoms with Crippen molar-refractivity contribution in [1.29, 1.82) is 0 Å². The number of nitro benzene ring substituents is 1. The largest absolute Gasteiger partial charge is 0.379 e. The van der Waals surface area contributed by atoms with Crippen LogP contribution in [0.2, 0.25) is 0 Å². The molecule has 1 saturated heterocycles. The van der Waals surface area contributed by atoms with Crippen molar-refractivity contribution in [3.8, 4) is 0 Å². The van der Waals surface area contributed by atoms with Crippen LogP contribution < -0.4 is 5.32 Å². The number of hydrogen-bond donors (Lipinski definition) is 1. The number of halogens is 1. The highest BCUT2D eigenvalue weighted by Crippen LogP contribution is 2.27. The Bertz CT molecular complexity index is 478. The maximum Gasteiger partial charge on any atom is 0.293 e. The Balaban J connectivity index is 1.67. The van der Waals surface area contributed by atoms with E-state index < -0.39 is 0 Å². The Hall–Kier alpha value is -1.18. The van der Waals surface area contributed by atoms with Gasteiger partial charge in [-0.25, -0.2) is 0 Å². The molecule has 21 heavy (non-hydrogen) atoms. The summed E-state index contributed by atoms with van der Waals surface area (Å²) in [5, 5.41) is 14.0. The van der Waals surface area contributed by atoms with Gasteiger partial charge in [0.25, 0.3) is 5.69 Å². The van der Waals surface area contributed by atoms with Crippen LogP contribution in [0.1, 0.15) is 19.3 Å². The summed E-state index contributed by atoms with van der Waals surface area (Å²) in [7, 11) is 0. The molecule has 1 aliphatic rings. The minimum Gasteiger partial charge on any atom is -0.379 e. The van der Waals surface area contributed by atoms with Crippen LogP contribution >= 0.6 is 15.9 Å². The number of ether oxygens (including phenoxy) is 2. The van der Waals surface area contributed by atoms with E-state index >= 15 is 0 Å². The molecular weight excluding hydrogens is 340 g/mol. The first kappa shape index (κ1) is 16.2. The van der Waals surface area contributed by atoms with E-state index in [2.05, 4.69) is 21.2 Å². The second-order valence-corrected chi connectivity index (χ2v) is 5.82. The highest BCUT2D eigenvalue weighted by atomic mass is 79.9. The van der Waals surface area contributed by atoms with Crippen LogP contribution in [0.4, 0.5) is 11.4 Å². The third-order valence-electron chi connectivity index (χ3n) is 3.27. The SMILES string of the molecule is O=[N+]([O-])c1cc(Br)ccc1NCCCOCC1CCCO1. The van der Waals surface area contributed by atoms with Gasteiger partial charge < -0.3 is 14.8 Å². The fourth-order valence-corrected chi connectivity index (χ4v) is 2.54. The molecule has 0 amide bonds. The molecule has 1 unspecified atom stereocenters. The molecule has 0 spiro atoms. The topological polar surface area (TPSA) is 73.6 Å². The zero-order chi connectivity index (χ0) is 15.1. The van der Waals surface area contributed by atoms with Crippen molar-refractivity contribution in [3.05, 3.63) is 32.8 Å². The summed E-state index contributed by atoms with van der Waals surface area (Å²) < 4.78 is 11.7. The normalized spacial score (nSPS) is 17.9. The Labute approximate surface area is 132 Å². The lowest BCUT2D eigenvalue weighted by atomic mass is 10.2. The second kappa shape index (κ2) is 8.31. The zero-order valence-electron chi connectivity index (χ0n) is 11.7. The van der Waals surface area contributed by atoms with Crippen LogP contribution in [0.15, 0.2) is 22.7 Å². The quantitative estimate of drug-likeness (QED) is 0.438. The third kappa shape index (κ3) is 5.26. The van der Waals surface area contributed by atoms with E-state index in [0.29, 0.717) is 29.9 Å². The van der Waals surface area contributed by atoms with Crippen molar-refractivity contribution >= 4 is 27.3 Å². The van der Waals surface area contributed by atoms with Crippen molar-refractivity contribution in [2.75, 3.05) is 31.7 Å². The van der Waals surface area contributed by atoms with Gasteiger partial charge in [0.2, 0.25) is 0 Å². The highest BCUT2D eigenvalue weighted by molar-refractivity contribution is 9.10. The molecule has 116 valence electrons. The summed E-state index contributed by atoms with van der Waals surface area (Å²) in [5.41, 5.74) is 0.604. The Morgan fingerprint density at radius 1 is 1.52 bits per heavy atom. The number of benzene rings is 1. The molecular formula is C14H19BrN2O4. The molecule has 2 rings (SSSR count). The summed E-state index contributed by atoms with van der Waals surface area (Å²) in [6, 6.07) is 4.98. The molecule has 1 N–H and O–H groups in total. The van der Waals surface area contributed by atoms with Gasteiger partial charge in [0.15, 0.2) is 0 Å². The minimum atomic E-state index is -0.388. The van der Waals surface area contributed by atoms with Crippen molar-refractivity contribution in [2.45, 2.75) is 25.4 Å². The maximum atomic E-state index is 11.0. The molecule has 1 aliphatic heterocycles. The summed E-state index contributed by atoms with van der Waals surface area (Å²) in [6.45, 7) is 2.73. The first-order valence-electron chi connectivity index (χ1n) is 7.04. The molecule has 6 nitrogen and oxygen atoms in total. The predicted octanol–water partition coefficient (Wildman–Crippen LogP) is 3.35. The highest BCUT2D eigenvalue weighted by Gasteiger charge is 2.15. The smallest absolute Gasteiger partial charge is 0.293 e. The number of nitro groups is 1. The van der Waals surface area contributed by atoms with E-state index in [0.717, 1.165) is 25.9 Å². The van der Waals surface area contributed by atoms with Crippen molar-refractivity contribution in [3.63, 3.8) is 0 Å². The number of nitrogens with one attached hydrogen (secondary N) is 1. The first-order valence-corrected chi connectivity index (χ1v) is 7.83. The maximum absolute atomic E-state index is 11.0.